The Bertz CT molecular complexity index is 966. The van der Waals surface area contributed by atoms with Crippen LogP contribution >= 0.6 is 0 Å². The smallest absolute Gasteiger partial charge is 0.246 e. The fourth-order valence-electron chi connectivity index (χ4n) is 3.52. The lowest BCUT2D eigenvalue weighted by Gasteiger charge is -2.32. The first-order valence-electron chi connectivity index (χ1n) is 9.52. The van der Waals surface area contributed by atoms with Crippen LogP contribution in [0.2, 0.25) is 0 Å². The quantitative estimate of drug-likeness (QED) is 0.779. The molecule has 29 heavy (non-hydrogen) atoms. The van der Waals surface area contributed by atoms with E-state index in [9.17, 15) is 17.6 Å². The summed E-state index contributed by atoms with van der Waals surface area (Å²) in [7, 11) is -2.65. The molecular formula is C21H25FN2O4S. The van der Waals surface area contributed by atoms with Crippen LogP contribution in [-0.4, -0.2) is 38.8 Å². The minimum absolute atomic E-state index is 0.0509. The summed E-state index contributed by atoms with van der Waals surface area (Å²) in [5, 5.41) is 2.96. The van der Waals surface area contributed by atoms with Gasteiger partial charge in [0, 0.05) is 13.1 Å². The Hall–Kier alpha value is -2.45. The molecule has 8 heteroatoms. The molecule has 0 bridgehead atoms. The Labute approximate surface area is 170 Å². The molecule has 2 aromatic carbocycles. The zero-order valence-electron chi connectivity index (χ0n) is 16.5. The second kappa shape index (κ2) is 8.92. The van der Waals surface area contributed by atoms with Crippen molar-refractivity contribution < 1.29 is 22.3 Å². The SMILES string of the molecule is COc1ccc(F)cc1S(=O)(=O)N1CCC[C@H](C(=O)N[C@@H](C)c2ccccc2)C1. The van der Waals surface area contributed by atoms with E-state index in [1.54, 1.807) is 0 Å². The molecule has 0 saturated carbocycles. The summed E-state index contributed by atoms with van der Waals surface area (Å²) in [5.74, 6) is -1.24. The summed E-state index contributed by atoms with van der Waals surface area (Å²) in [6, 6.07) is 12.8. The van der Waals surface area contributed by atoms with Gasteiger partial charge in [0.1, 0.15) is 16.5 Å². The van der Waals surface area contributed by atoms with Gasteiger partial charge in [0.2, 0.25) is 15.9 Å². The van der Waals surface area contributed by atoms with E-state index in [2.05, 4.69) is 5.32 Å². The molecule has 1 amide bonds. The van der Waals surface area contributed by atoms with Crippen LogP contribution < -0.4 is 10.1 Å². The Morgan fingerprint density at radius 1 is 1.24 bits per heavy atom. The maximum absolute atomic E-state index is 13.7. The fraction of sp³-hybridized carbons (Fsp3) is 0.381. The summed E-state index contributed by atoms with van der Waals surface area (Å²) < 4.78 is 46.2. The molecule has 0 aliphatic carbocycles. The minimum Gasteiger partial charge on any atom is -0.495 e. The number of carbonyl (C=O) groups is 1. The molecule has 156 valence electrons. The molecule has 3 rings (SSSR count). The van der Waals surface area contributed by atoms with Gasteiger partial charge in [-0.1, -0.05) is 30.3 Å². The van der Waals surface area contributed by atoms with Crippen LogP contribution in [0, 0.1) is 11.7 Å². The third kappa shape index (κ3) is 4.76. The van der Waals surface area contributed by atoms with Crippen molar-refractivity contribution >= 4 is 15.9 Å². The summed E-state index contributed by atoms with van der Waals surface area (Å²) in [6.45, 7) is 2.22. The van der Waals surface area contributed by atoms with Crippen LogP contribution in [0.25, 0.3) is 0 Å². The molecule has 0 aromatic heterocycles. The number of piperidine rings is 1. The van der Waals surface area contributed by atoms with Crippen LogP contribution in [0.5, 0.6) is 5.75 Å². The van der Waals surface area contributed by atoms with Crippen LogP contribution in [0.4, 0.5) is 4.39 Å². The molecule has 1 fully saturated rings. The predicted molar refractivity (Wildman–Crippen MR) is 107 cm³/mol. The molecule has 2 aromatic rings. The van der Waals surface area contributed by atoms with Crippen molar-refractivity contribution in [2.24, 2.45) is 5.92 Å². The van der Waals surface area contributed by atoms with Crippen LogP contribution in [0.15, 0.2) is 53.4 Å². The number of methoxy groups -OCH3 is 1. The van der Waals surface area contributed by atoms with Gasteiger partial charge >= 0.3 is 0 Å². The van der Waals surface area contributed by atoms with Crippen LogP contribution in [0.1, 0.15) is 31.4 Å². The lowest BCUT2D eigenvalue weighted by Crippen LogP contribution is -2.45. The maximum atomic E-state index is 13.7. The van der Waals surface area contributed by atoms with E-state index in [0.717, 1.165) is 17.7 Å². The minimum atomic E-state index is -3.99. The van der Waals surface area contributed by atoms with E-state index in [1.807, 2.05) is 37.3 Å². The van der Waals surface area contributed by atoms with Crippen LogP contribution in [0.3, 0.4) is 0 Å². The summed E-state index contributed by atoms with van der Waals surface area (Å²) in [4.78, 5) is 12.5. The zero-order chi connectivity index (χ0) is 21.0. The maximum Gasteiger partial charge on any atom is 0.246 e. The predicted octanol–water partition coefficient (Wildman–Crippen LogP) is 3.11. The van der Waals surface area contributed by atoms with Crippen molar-refractivity contribution in [3.05, 3.63) is 59.9 Å². The first-order valence-corrected chi connectivity index (χ1v) is 11.0. The van der Waals surface area contributed by atoms with Gasteiger partial charge in [-0.25, -0.2) is 12.8 Å². The average Bonchev–Trinajstić information content (AvgIpc) is 2.74. The van der Waals surface area contributed by atoms with Gasteiger partial charge in [0.25, 0.3) is 0 Å². The lowest BCUT2D eigenvalue weighted by atomic mass is 9.98. The standard InChI is InChI=1S/C21H25FN2O4S/c1-15(16-7-4-3-5-8-16)23-21(25)17-9-6-12-24(14-17)29(26,27)20-13-18(22)10-11-19(20)28-2/h3-5,7-8,10-11,13,15,17H,6,9,12,14H2,1-2H3,(H,23,25)/t15-,17-/m0/s1. The van der Waals surface area contributed by atoms with Gasteiger partial charge < -0.3 is 10.1 Å². The number of rotatable bonds is 6. The number of halogens is 1. The molecule has 0 unspecified atom stereocenters. The first kappa shape index (κ1) is 21.3. The van der Waals surface area contributed by atoms with Gasteiger partial charge in [0.15, 0.2) is 0 Å². The number of hydrogen-bond donors (Lipinski definition) is 1. The molecule has 1 saturated heterocycles. The van der Waals surface area contributed by atoms with Crippen molar-refractivity contribution in [2.45, 2.75) is 30.7 Å². The highest BCUT2D eigenvalue weighted by atomic mass is 32.2. The number of nitrogens with zero attached hydrogens (tertiary/aromatic N) is 1. The van der Waals surface area contributed by atoms with E-state index in [0.29, 0.717) is 12.8 Å². The molecule has 1 aliphatic heterocycles. The van der Waals surface area contributed by atoms with Gasteiger partial charge in [-0.15, -0.1) is 0 Å². The Morgan fingerprint density at radius 2 is 1.97 bits per heavy atom. The van der Waals surface area contributed by atoms with E-state index in [4.69, 9.17) is 4.74 Å². The summed E-state index contributed by atoms with van der Waals surface area (Å²) in [6.07, 6.45) is 1.15. The first-order chi connectivity index (χ1) is 13.8. The number of sulfonamides is 1. The average molecular weight is 421 g/mol. The lowest BCUT2D eigenvalue weighted by molar-refractivity contribution is -0.126. The van der Waals surface area contributed by atoms with E-state index in [1.165, 1.54) is 17.5 Å². The molecule has 6 nitrogen and oxygen atoms in total. The largest absolute Gasteiger partial charge is 0.495 e. The van der Waals surface area contributed by atoms with Crippen LogP contribution in [-0.2, 0) is 14.8 Å². The highest BCUT2D eigenvalue weighted by molar-refractivity contribution is 7.89. The van der Waals surface area contributed by atoms with Crippen molar-refractivity contribution in [1.82, 2.24) is 9.62 Å². The Balaban J connectivity index is 1.75. The molecule has 0 spiro atoms. The zero-order valence-corrected chi connectivity index (χ0v) is 17.3. The number of benzene rings is 2. The number of carbonyl (C=O) groups excluding carboxylic acids is 1. The van der Waals surface area contributed by atoms with E-state index in [-0.39, 0.29) is 35.7 Å². The van der Waals surface area contributed by atoms with Crippen molar-refractivity contribution in [2.75, 3.05) is 20.2 Å². The van der Waals surface area contributed by atoms with Gasteiger partial charge in [-0.2, -0.15) is 4.31 Å². The normalized spacial score (nSPS) is 18.8. The molecular weight excluding hydrogens is 395 g/mol. The second-order valence-electron chi connectivity index (χ2n) is 7.14. The fourth-order valence-corrected chi connectivity index (χ4v) is 5.21. The molecule has 1 heterocycles. The number of amides is 1. The summed E-state index contributed by atoms with van der Waals surface area (Å²) >= 11 is 0. The topological polar surface area (TPSA) is 75.7 Å². The second-order valence-corrected chi connectivity index (χ2v) is 9.04. The Morgan fingerprint density at radius 3 is 2.66 bits per heavy atom. The third-order valence-electron chi connectivity index (χ3n) is 5.16. The number of nitrogens with one attached hydrogen (secondary N) is 1. The molecule has 0 radical (unpaired) electrons. The third-order valence-corrected chi connectivity index (χ3v) is 7.04. The van der Waals surface area contributed by atoms with Gasteiger partial charge in [-0.05, 0) is 43.5 Å². The van der Waals surface area contributed by atoms with E-state index >= 15 is 0 Å². The monoisotopic (exact) mass is 420 g/mol. The molecule has 1 aliphatic rings. The van der Waals surface area contributed by atoms with Gasteiger partial charge in [-0.3, -0.25) is 4.79 Å². The number of ether oxygens (including phenoxy) is 1. The van der Waals surface area contributed by atoms with Gasteiger partial charge in [0.05, 0.1) is 19.1 Å². The Kier molecular flexibility index (Phi) is 6.54. The highest BCUT2D eigenvalue weighted by Gasteiger charge is 2.35. The van der Waals surface area contributed by atoms with E-state index < -0.39 is 21.8 Å². The molecule has 2 atom stereocenters. The van der Waals surface area contributed by atoms with Crippen molar-refractivity contribution in [1.29, 1.82) is 0 Å². The number of hydrogen-bond acceptors (Lipinski definition) is 4. The summed E-state index contributed by atoms with van der Waals surface area (Å²) in [5.41, 5.74) is 0.977. The highest BCUT2D eigenvalue weighted by Crippen LogP contribution is 2.30. The molecule has 1 N–H and O–H groups in total. The van der Waals surface area contributed by atoms with Crippen molar-refractivity contribution in [3.63, 3.8) is 0 Å². The van der Waals surface area contributed by atoms with Crippen molar-refractivity contribution in [3.8, 4) is 5.75 Å².